The molecule has 5 atom stereocenters. The highest BCUT2D eigenvalue weighted by Gasteiger charge is 2.36. The molecule has 0 aromatic rings. The molecule has 0 aromatic carbocycles. The van der Waals surface area contributed by atoms with E-state index in [0.29, 0.717) is 22.9 Å². The molecule has 0 bridgehead atoms. The second kappa shape index (κ2) is 10.8. The maximum Gasteiger partial charge on any atom is 0.0788 e. The second-order valence-corrected chi connectivity index (χ2v) is 12.5. The van der Waals surface area contributed by atoms with E-state index in [0.717, 1.165) is 18.8 Å². The minimum absolute atomic E-state index is 0.0484. The van der Waals surface area contributed by atoms with E-state index in [1.54, 1.807) is 0 Å². The standard InChI is InChI=1S/C14H28O.C13H24O/c1-11-10-14(5,7-6-12(11)15)9-8-13(2,3)4;1-10(2)6-8-13(5)9-7-12(14-13)11(3)4/h11-12,15H,6-10H2,1-5H3;10,12H,3,6-9H2,1-2,4-5H3/t11-,12-,14-;12-,13-/m00/s1. The van der Waals surface area contributed by atoms with Gasteiger partial charge in [0.25, 0.3) is 0 Å². The average molecular weight is 409 g/mol. The molecule has 2 fully saturated rings. The molecule has 0 spiro atoms. The molecule has 1 aliphatic carbocycles. The summed E-state index contributed by atoms with van der Waals surface area (Å²) in [4.78, 5) is 0. The maximum atomic E-state index is 9.74. The van der Waals surface area contributed by atoms with Crippen molar-refractivity contribution < 1.29 is 9.84 Å². The monoisotopic (exact) mass is 408 g/mol. The van der Waals surface area contributed by atoms with E-state index >= 15 is 0 Å². The average Bonchev–Trinajstić information content (AvgIpc) is 2.99. The van der Waals surface area contributed by atoms with Crippen molar-refractivity contribution in [2.75, 3.05) is 0 Å². The first-order chi connectivity index (χ1) is 13.1. The van der Waals surface area contributed by atoms with E-state index < -0.39 is 0 Å². The summed E-state index contributed by atoms with van der Waals surface area (Å²) in [6.45, 7) is 24.4. The normalized spacial score (nSPS) is 35.3. The van der Waals surface area contributed by atoms with Gasteiger partial charge in [-0.25, -0.2) is 0 Å². The topological polar surface area (TPSA) is 29.5 Å². The quantitative estimate of drug-likeness (QED) is 0.452. The van der Waals surface area contributed by atoms with Crippen LogP contribution in [0.2, 0.25) is 0 Å². The Hall–Kier alpha value is -0.340. The zero-order valence-corrected chi connectivity index (χ0v) is 21.2. The van der Waals surface area contributed by atoms with E-state index in [4.69, 9.17) is 4.74 Å². The smallest absolute Gasteiger partial charge is 0.0788 e. The number of ether oxygens (including phenoxy) is 1. The Labute approximate surface area is 182 Å². The second-order valence-electron chi connectivity index (χ2n) is 12.5. The van der Waals surface area contributed by atoms with Gasteiger partial charge in [0.15, 0.2) is 0 Å². The molecular formula is C27H52O2. The van der Waals surface area contributed by atoms with E-state index in [1.807, 2.05) is 0 Å². The number of hydrogen-bond acceptors (Lipinski definition) is 2. The lowest BCUT2D eigenvalue weighted by Gasteiger charge is -2.41. The molecule has 0 amide bonds. The van der Waals surface area contributed by atoms with Crippen LogP contribution in [0.1, 0.15) is 120 Å². The molecule has 1 saturated heterocycles. The molecule has 29 heavy (non-hydrogen) atoms. The lowest BCUT2D eigenvalue weighted by atomic mass is 9.66. The first-order valence-electron chi connectivity index (χ1n) is 12.2. The maximum absolute atomic E-state index is 9.74. The van der Waals surface area contributed by atoms with Crippen LogP contribution in [0.3, 0.4) is 0 Å². The summed E-state index contributed by atoms with van der Waals surface area (Å²) in [5.41, 5.74) is 2.22. The SMILES string of the molecule is C=C(C)[C@@H]1CC[C@](C)(CCC(C)C)O1.C[C@H]1C[C@](C)(CCC(C)(C)C)CC[C@@H]1O. The van der Waals surface area contributed by atoms with Crippen LogP contribution in [0.15, 0.2) is 12.2 Å². The fraction of sp³-hybridized carbons (Fsp3) is 0.926. The van der Waals surface area contributed by atoms with Crippen molar-refractivity contribution in [3.05, 3.63) is 12.2 Å². The molecule has 2 heteroatoms. The van der Waals surface area contributed by atoms with Gasteiger partial charge in [0.05, 0.1) is 17.8 Å². The number of hydrogen-bond donors (Lipinski definition) is 1. The van der Waals surface area contributed by atoms with Crippen LogP contribution in [0, 0.1) is 22.7 Å². The molecule has 172 valence electrons. The van der Waals surface area contributed by atoms with Crippen LogP contribution in [-0.4, -0.2) is 22.9 Å². The Morgan fingerprint density at radius 3 is 2.21 bits per heavy atom. The predicted molar refractivity (Wildman–Crippen MR) is 127 cm³/mol. The fourth-order valence-corrected chi connectivity index (χ4v) is 4.72. The van der Waals surface area contributed by atoms with Crippen LogP contribution in [0.5, 0.6) is 0 Å². The van der Waals surface area contributed by atoms with Crippen molar-refractivity contribution >= 4 is 0 Å². The molecule has 1 N–H and O–H groups in total. The first-order valence-corrected chi connectivity index (χ1v) is 12.2. The van der Waals surface area contributed by atoms with Gasteiger partial charge in [-0.2, -0.15) is 0 Å². The highest BCUT2D eigenvalue weighted by atomic mass is 16.5. The molecule has 1 aliphatic heterocycles. The Morgan fingerprint density at radius 1 is 1.14 bits per heavy atom. The predicted octanol–water partition coefficient (Wildman–Crippen LogP) is 7.94. The Bertz CT molecular complexity index is 503. The van der Waals surface area contributed by atoms with Crippen molar-refractivity contribution in [3.8, 4) is 0 Å². The van der Waals surface area contributed by atoms with Crippen LogP contribution in [0.25, 0.3) is 0 Å². The van der Waals surface area contributed by atoms with Gasteiger partial charge in [0.1, 0.15) is 0 Å². The summed E-state index contributed by atoms with van der Waals surface area (Å²) in [6.07, 6.45) is 11.1. The van der Waals surface area contributed by atoms with Gasteiger partial charge in [0.2, 0.25) is 0 Å². The Morgan fingerprint density at radius 2 is 1.76 bits per heavy atom. The van der Waals surface area contributed by atoms with Crippen molar-refractivity contribution in [2.24, 2.45) is 22.7 Å². The van der Waals surface area contributed by atoms with Crippen LogP contribution >= 0.6 is 0 Å². The van der Waals surface area contributed by atoms with E-state index in [1.165, 1.54) is 50.5 Å². The van der Waals surface area contributed by atoms with Gasteiger partial charge in [-0.3, -0.25) is 0 Å². The van der Waals surface area contributed by atoms with Gasteiger partial charge in [-0.05, 0) is 94.3 Å². The molecule has 2 aliphatic rings. The zero-order valence-electron chi connectivity index (χ0n) is 21.2. The molecule has 2 nitrogen and oxygen atoms in total. The number of aliphatic hydroxyl groups excluding tert-OH is 1. The third kappa shape index (κ3) is 10.0. The summed E-state index contributed by atoms with van der Waals surface area (Å²) in [6, 6.07) is 0. The minimum atomic E-state index is -0.0484. The van der Waals surface area contributed by atoms with Crippen molar-refractivity contribution in [1.29, 1.82) is 0 Å². The van der Waals surface area contributed by atoms with E-state index in [9.17, 15) is 5.11 Å². The molecule has 0 unspecified atom stereocenters. The largest absolute Gasteiger partial charge is 0.393 e. The van der Waals surface area contributed by atoms with Crippen molar-refractivity contribution in [1.82, 2.24) is 0 Å². The molecule has 0 aromatic heterocycles. The Balaban J connectivity index is 0.000000291. The van der Waals surface area contributed by atoms with Crippen LogP contribution in [0.4, 0.5) is 0 Å². The minimum Gasteiger partial charge on any atom is -0.393 e. The summed E-state index contributed by atoms with van der Waals surface area (Å²) >= 11 is 0. The van der Waals surface area contributed by atoms with Gasteiger partial charge < -0.3 is 9.84 Å². The third-order valence-electron chi connectivity index (χ3n) is 7.16. The van der Waals surface area contributed by atoms with Crippen LogP contribution < -0.4 is 0 Å². The number of aliphatic hydroxyl groups is 1. The van der Waals surface area contributed by atoms with Gasteiger partial charge in [-0.15, -0.1) is 0 Å². The summed E-state index contributed by atoms with van der Waals surface area (Å²) < 4.78 is 6.06. The summed E-state index contributed by atoms with van der Waals surface area (Å²) in [7, 11) is 0. The molecule has 1 heterocycles. The molecule has 1 saturated carbocycles. The highest BCUT2D eigenvalue weighted by Crippen LogP contribution is 2.44. The molecule has 0 radical (unpaired) electrons. The number of rotatable bonds is 6. The van der Waals surface area contributed by atoms with Gasteiger partial charge in [0, 0.05) is 0 Å². The van der Waals surface area contributed by atoms with Crippen molar-refractivity contribution in [2.45, 2.75) is 138 Å². The van der Waals surface area contributed by atoms with E-state index in [2.05, 4.69) is 68.9 Å². The van der Waals surface area contributed by atoms with Gasteiger partial charge >= 0.3 is 0 Å². The first kappa shape index (κ1) is 26.7. The molecular weight excluding hydrogens is 356 g/mol. The van der Waals surface area contributed by atoms with Gasteiger partial charge in [-0.1, -0.05) is 60.6 Å². The molecule has 2 rings (SSSR count). The summed E-state index contributed by atoms with van der Waals surface area (Å²) in [5.74, 6) is 1.27. The lowest BCUT2D eigenvalue weighted by molar-refractivity contribution is -0.0223. The zero-order chi connectivity index (χ0) is 22.5. The lowest BCUT2D eigenvalue weighted by Crippen LogP contribution is -2.34. The van der Waals surface area contributed by atoms with Crippen molar-refractivity contribution in [3.63, 3.8) is 0 Å². The Kier molecular flexibility index (Phi) is 9.94. The summed E-state index contributed by atoms with van der Waals surface area (Å²) in [5, 5.41) is 9.74. The fourth-order valence-electron chi connectivity index (χ4n) is 4.72. The third-order valence-corrected chi connectivity index (χ3v) is 7.16. The van der Waals surface area contributed by atoms with Crippen LogP contribution in [-0.2, 0) is 4.74 Å². The van der Waals surface area contributed by atoms with E-state index in [-0.39, 0.29) is 11.7 Å². The highest BCUT2D eigenvalue weighted by molar-refractivity contribution is 5.03.